The first-order valence-electron chi connectivity index (χ1n) is 5.87. The van der Waals surface area contributed by atoms with Gasteiger partial charge in [-0.2, -0.15) is 0 Å². The van der Waals surface area contributed by atoms with E-state index < -0.39 is 0 Å². The zero-order valence-corrected chi connectivity index (χ0v) is 12.2. The molecule has 0 aliphatic rings. The summed E-state index contributed by atoms with van der Waals surface area (Å²) in [5.41, 5.74) is 0.959. The van der Waals surface area contributed by atoms with E-state index in [2.05, 4.69) is 10.3 Å². The Morgan fingerprint density at radius 2 is 2.05 bits per heavy atom. The van der Waals surface area contributed by atoms with Crippen LogP contribution >= 0.6 is 23.2 Å². The molecule has 100 valence electrons. The number of halogens is 2. The SMILES string of the molecule is CNC(C)c1cccnc1Oc1cc(Cl)ccc1Cl. The first kappa shape index (κ1) is 14.1. The summed E-state index contributed by atoms with van der Waals surface area (Å²) in [5, 5.41) is 4.22. The van der Waals surface area contributed by atoms with Crippen LogP contribution < -0.4 is 10.1 Å². The Bertz CT molecular complexity index is 575. The van der Waals surface area contributed by atoms with Gasteiger partial charge in [-0.15, -0.1) is 0 Å². The second kappa shape index (κ2) is 6.24. The number of aromatic nitrogens is 1. The Hall–Kier alpha value is -1.29. The summed E-state index contributed by atoms with van der Waals surface area (Å²) in [6, 6.07) is 9.04. The molecule has 0 saturated heterocycles. The first-order valence-corrected chi connectivity index (χ1v) is 6.62. The summed E-state index contributed by atoms with van der Waals surface area (Å²) in [4.78, 5) is 4.25. The predicted molar refractivity (Wildman–Crippen MR) is 78.2 cm³/mol. The smallest absolute Gasteiger partial charge is 0.224 e. The highest BCUT2D eigenvalue weighted by molar-refractivity contribution is 6.34. The molecule has 1 aromatic carbocycles. The average Bonchev–Trinajstić information content (AvgIpc) is 2.42. The largest absolute Gasteiger partial charge is 0.437 e. The Labute approximate surface area is 122 Å². The molecule has 19 heavy (non-hydrogen) atoms. The fourth-order valence-corrected chi connectivity index (χ4v) is 1.95. The number of benzene rings is 1. The molecule has 1 heterocycles. The fourth-order valence-electron chi connectivity index (χ4n) is 1.63. The van der Waals surface area contributed by atoms with Crippen molar-refractivity contribution in [2.45, 2.75) is 13.0 Å². The van der Waals surface area contributed by atoms with E-state index in [0.29, 0.717) is 21.7 Å². The van der Waals surface area contributed by atoms with Crippen molar-refractivity contribution in [3.05, 3.63) is 52.1 Å². The molecule has 0 radical (unpaired) electrons. The van der Waals surface area contributed by atoms with Crippen LogP contribution in [0.1, 0.15) is 18.5 Å². The maximum Gasteiger partial charge on any atom is 0.224 e. The minimum Gasteiger partial charge on any atom is -0.437 e. The van der Waals surface area contributed by atoms with Crippen molar-refractivity contribution in [1.82, 2.24) is 10.3 Å². The lowest BCUT2D eigenvalue weighted by atomic mass is 10.1. The van der Waals surface area contributed by atoms with Gasteiger partial charge < -0.3 is 10.1 Å². The van der Waals surface area contributed by atoms with Gasteiger partial charge in [-0.3, -0.25) is 0 Å². The zero-order chi connectivity index (χ0) is 13.8. The lowest BCUT2D eigenvalue weighted by Crippen LogP contribution is -2.13. The van der Waals surface area contributed by atoms with Crippen molar-refractivity contribution in [2.75, 3.05) is 7.05 Å². The Morgan fingerprint density at radius 1 is 1.26 bits per heavy atom. The molecule has 0 aliphatic heterocycles. The van der Waals surface area contributed by atoms with E-state index in [-0.39, 0.29) is 6.04 Å². The van der Waals surface area contributed by atoms with Gasteiger partial charge in [0, 0.05) is 28.9 Å². The summed E-state index contributed by atoms with van der Waals surface area (Å²) in [7, 11) is 1.88. The standard InChI is InChI=1S/C14H14Cl2N2O/c1-9(17-2)11-4-3-7-18-14(11)19-13-8-10(15)5-6-12(13)16/h3-9,17H,1-2H3. The molecule has 0 fully saturated rings. The fraction of sp³-hybridized carbons (Fsp3) is 0.214. The number of nitrogens with zero attached hydrogens (tertiary/aromatic N) is 1. The number of nitrogens with one attached hydrogen (secondary N) is 1. The summed E-state index contributed by atoms with van der Waals surface area (Å²) in [5.74, 6) is 1.02. The number of ether oxygens (including phenoxy) is 1. The highest BCUT2D eigenvalue weighted by atomic mass is 35.5. The maximum absolute atomic E-state index is 6.08. The molecule has 1 atom stereocenters. The summed E-state index contributed by atoms with van der Waals surface area (Å²) in [6.45, 7) is 2.03. The van der Waals surface area contributed by atoms with Crippen LogP contribution in [0.3, 0.4) is 0 Å². The molecule has 0 amide bonds. The molecule has 0 aliphatic carbocycles. The highest BCUT2D eigenvalue weighted by Gasteiger charge is 2.13. The third-order valence-electron chi connectivity index (χ3n) is 2.80. The summed E-state index contributed by atoms with van der Waals surface area (Å²) in [6.07, 6.45) is 1.68. The van der Waals surface area contributed by atoms with E-state index >= 15 is 0 Å². The van der Waals surface area contributed by atoms with Crippen LogP contribution in [-0.4, -0.2) is 12.0 Å². The van der Waals surface area contributed by atoms with Crippen LogP contribution in [0, 0.1) is 0 Å². The lowest BCUT2D eigenvalue weighted by molar-refractivity contribution is 0.447. The van der Waals surface area contributed by atoms with Crippen molar-refractivity contribution < 1.29 is 4.74 Å². The molecule has 1 unspecified atom stereocenters. The van der Waals surface area contributed by atoms with Crippen LogP contribution in [-0.2, 0) is 0 Å². The summed E-state index contributed by atoms with van der Waals surface area (Å²) >= 11 is 12.0. The molecular formula is C14H14Cl2N2O. The third-order valence-corrected chi connectivity index (χ3v) is 3.35. The van der Waals surface area contributed by atoms with Gasteiger partial charge in [0.2, 0.25) is 5.88 Å². The van der Waals surface area contributed by atoms with Crippen molar-refractivity contribution in [3.63, 3.8) is 0 Å². The monoisotopic (exact) mass is 296 g/mol. The minimum absolute atomic E-state index is 0.127. The van der Waals surface area contributed by atoms with Crippen molar-refractivity contribution in [2.24, 2.45) is 0 Å². The molecule has 3 nitrogen and oxygen atoms in total. The number of hydrogen-bond donors (Lipinski definition) is 1. The van der Waals surface area contributed by atoms with Crippen LogP contribution in [0.15, 0.2) is 36.5 Å². The topological polar surface area (TPSA) is 34.2 Å². The molecule has 1 aromatic heterocycles. The van der Waals surface area contributed by atoms with Crippen LogP contribution in [0.5, 0.6) is 11.6 Å². The molecule has 5 heteroatoms. The van der Waals surface area contributed by atoms with Crippen molar-refractivity contribution in [1.29, 1.82) is 0 Å². The Kier molecular flexibility index (Phi) is 4.64. The van der Waals surface area contributed by atoms with Gasteiger partial charge in [0.25, 0.3) is 0 Å². The van der Waals surface area contributed by atoms with Gasteiger partial charge in [-0.25, -0.2) is 4.98 Å². The number of pyridine rings is 1. The van der Waals surface area contributed by atoms with Crippen molar-refractivity contribution in [3.8, 4) is 11.6 Å². The zero-order valence-electron chi connectivity index (χ0n) is 10.7. The summed E-state index contributed by atoms with van der Waals surface area (Å²) < 4.78 is 5.78. The molecule has 2 rings (SSSR count). The van der Waals surface area contributed by atoms with E-state index in [1.54, 1.807) is 24.4 Å². The van der Waals surface area contributed by atoms with Gasteiger partial charge >= 0.3 is 0 Å². The van der Waals surface area contributed by atoms with Crippen LogP contribution in [0.2, 0.25) is 10.0 Å². The van der Waals surface area contributed by atoms with Crippen LogP contribution in [0.4, 0.5) is 0 Å². The average molecular weight is 297 g/mol. The Balaban J connectivity index is 2.35. The molecule has 0 saturated carbocycles. The van der Waals surface area contributed by atoms with Crippen molar-refractivity contribution >= 4 is 23.2 Å². The molecule has 0 bridgehead atoms. The van der Waals surface area contributed by atoms with Gasteiger partial charge in [0.15, 0.2) is 0 Å². The predicted octanol–water partition coefficient (Wildman–Crippen LogP) is 4.46. The minimum atomic E-state index is 0.127. The second-order valence-corrected chi connectivity index (χ2v) is 4.93. The third kappa shape index (κ3) is 3.38. The Morgan fingerprint density at radius 3 is 2.79 bits per heavy atom. The first-order chi connectivity index (χ1) is 9.11. The normalized spacial score (nSPS) is 12.2. The quantitative estimate of drug-likeness (QED) is 0.904. The molecule has 1 N–H and O–H groups in total. The van der Waals surface area contributed by atoms with E-state index in [4.69, 9.17) is 27.9 Å². The maximum atomic E-state index is 6.08. The van der Waals surface area contributed by atoms with Gasteiger partial charge in [0.05, 0.1) is 5.02 Å². The molecular weight excluding hydrogens is 283 g/mol. The highest BCUT2D eigenvalue weighted by Crippen LogP contribution is 2.33. The lowest BCUT2D eigenvalue weighted by Gasteiger charge is -2.15. The van der Waals surface area contributed by atoms with E-state index in [1.807, 2.05) is 26.1 Å². The van der Waals surface area contributed by atoms with E-state index in [0.717, 1.165) is 5.56 Å². The number of rotatable bonds is 4. The van der Waals surface area contributed by atoms with Crippen LogP contribution in [0.25, 0.3) is 0 Å². The number of hydrogen-bond acceptors (Lipinski definition) is 3. The van der Waals surface area contributed by atoms with Gasteiger partial charge in [-0.1, -0.05) is 29.3 Å². The van der Waals surface area contributed by atoms with Gasteiger partial charge in [0.1, 0.15) is 5.75 Å². The molecule has 2 aromatic rings. The van der Waals surface area contributed by atoms with E-state index in [9.17, 15) is 0 Å². The molecule has 0 spiro atoms. The second-order valence-electron chi connectivity index (χ2n) is 4.08. The van der Waals surface area contributed by atoms with E-state index in [1.165, 1.54) is 0 Å². The van der Waals surface area contributed by atoms with Gasteiger partial charge in [-0.05, 0) is 32.2 Å².